The second-order valence-electron chi connectivity index (χ2n) is 7.45. The van der Waals surface area contributed by atoms with Gasteiger partial charge in [-0.2, -0.15) is 13.2 Å². The van der Waals surface area contributed by atoms with E-state index in [2.05, 4.69) is 15.6 Å². The zero-order valence-electron chi connectivity index (χ0n) is 15.3. The summed E-state index contributed by atoms with van der Waals surface area (Å²) in [7, 11) is 1.65. The van der Waals surface area contributed by atoms with Gasteiger partial charge in [-0.15, -0.1) is 24.0 Å². The lowest BCUT2D eigenvalue weighted by Gasteiger charge is -2.31. The molecule has 0 saturated heterocycles. The normalized spacial score (nSPS) is 24.7. The highest BCUT2D eigenvalue weighted by Crippen LogP contribution is 2.47. The number of rotatable bonds is 4. The van der Waals surface area contributed by atoms with Crippen molar-refractivity contribution in [3.05, 3.63) is 35.6 Å². The number of halogens is 5. The lowest BCUT2D eigenvalue weighted by molar-refractivity contribution is -0.182. The summed E-state index contributed by atoms with van der Waals surface area (Å²) < 4.78 is 51.8. The fourth-order valence-electron chi connectivity index (χ4n) is 3.74. The predicted molar refractivity (Wildman–Crippen MR) is 109 cm³/mol. The van der Waals surface area contributed by atoms with Crippen molar-refractivity contribution in [3.63, 3.8) is 0 Å². The lowest BCUT2D eigenvalue weighted by Crippen LogP contribution is -2.47. The van der Waals surface area contributed by atoms with Crippen molar-refractivity contribution in [1.82, 2.24) is 10.6 Å². The molecule has 0 unspecified atom stereocenters. The maximum Gasteiger partial charge on any atom is 0.391 e. The van der Waals surface area contributed by atoms with Crippen LogP contribution in [-0.2, 0) is 5.41 Å². The van der Waals surface area contributed by atoms with E-state index in [-0.39, 0.29) is 54.1 Å². The van der Waals surface area contributed by atoms with Gasteiger partial charge in [0.25, 0.3) is 0 Å². The van der Waals surface area contributed by atoms with Crippen molar-refractivity contribution >= 4 is 29.9 Å². The van der Waals surface area contributed by atoms with Crippen LogP contribution in [0.25, 0.3) is 0 Å². The Morgan fingerprint density at radius 1 is 1.19 bits per heavy atom. The number of guanidine groups is 1. The average molecular weight is 499 g/mol. The van der Waals surface area contributed by atoms with Gasteiger partial charge in [0.2, 0.25) is 0 Å². The number of nitrogens with one attached hydrogen (secondary N) is 2. The second-order valence-corrected chi connectivity index (χ2v) is 7.45. The first-order valence-corrected chi connectivity index (χ1v) is 9.12. The van der Waals surface area contributed by atoms with Crippen molar-refractivity contribution in [3.8, 4) is 0 Å². The molecule has 27 heavy (non-hydrogen) atoms. The highest BCUT2D eigenvalue weighted by Gasteiger charge is 2.44. The molecule has 152 valence electrons. The molecule has 2 fully saturated rings. The molecule has 0 amide bonds. The standard InChI is InChI=1S/C19H25F4N3.HI/c1-24-17(26-16-7-5-13(6-8-16)19(21,22)23)25-12-18(9-10-18)14-3-2-4-15(20)11-14;/h2-4,11,13,16H,5-10,12H2,1H3,(H2,24,25,26);1H. The summed E-state index contributed by atoms with van der Waals surface area (Å²) in [6.45, 7) is 0.633. The maximum atomic E-state index is 13.5. The van der Waals surface area contributed by atoms with Crippen LogP contribution in [0.1, 0.15) is 44.1 Å². The number of hydrogen-bond donors (Lipinski definition) is 2. The van der Waals surface area contributed by atoms with E-state index in [0.29, 0.717) is 25.3 Å². The Morgan fingerprint density at radius 2 is 1.85 bits per heavy atom. The molecule has 0 aromatic heterocycles. The van der Waals surface area contributed by atoms with E-state index in [1.807, 2.05) is 6.07 Å². The van der Waals surface area contributed by atoms with Crippen LogP contribution in [-0.4, -0.2) is 31.8 Å². The molecule has 8 heteroatoms. The van der Waals surface area contributed by atoms with Crippen molar-refractivity contribution in [2.24, 2.45) is 10.9 Å². The Kier molecular flexibility index (Phi) is 7.38. The zero-order chi connectivity index (χ0) is 18.8. The molecule has 2 aliphatic carbocycles. The summed E-state index contributed by atoms with van der Waals surface area (Å²) in [6, 6.07) is 6.67. The molecule has 0 bridgehead atoms. The van der Waals surface area contributed by atoms with Crippen LogP contribution in [0.3, 0.4) is 0 Å². The van der Waals surface area contributed by atoms with Crippen LogP contribution in [0, 0.1) is 11.7 Å². The van der Waals surface area contributed by atoms with E-state index in [0.717, 1.165) is 18.4 Å². The fourth-order valence-corrected chi connectivity index (χ4v) is 3.74. The summed E-state index contributed by atoms with van der Waals surface area (Å²) in [4.78, 5) is 4.19. The molecule has 0 heterocycles. The van der Waals surface area contributed by atoms with Crippen molar-refractivity contribution in [2.75, 3.05) is 13.6 Å². The molecule has 0 atom stereocenters. The first-order valence-electron chi connectivity index (χ1n) is 9.12. The van der Waals surface area contributed by atoms with Gasteiger partial charge in [0, 0.05) is 25.0 Å². The molecule has 3 rings (SSSR count). The minimum absolute atomic E-state index is 0. The highest BCUT2D eigenvalue weighted by atomic mass is 127. The van der Waals surface area contributed by atoms with Gasteiger partial charge in [0.05, 0.1) is 5.92 Å². The van der Waals surface area contributed by atoms with E-state index in [1.54, 1.807) is 19.2 Å². The van der Waals surface area contributed by atoms with Gasteiger partial charge < -0.3 is 10.6 Å². The fraction of sp³-hybridized carbons (Fsp3) is 0.632. The minimum atomic E-state index is -4.09. The van der Waals surface area contributed by atoms with Gasteiger partial charge in [-0.25, -0.2) is 4.39 Å². The van der Waals surface area contributed by atoms with Crippen molar-refractivity contribution in [1.29, 1.82) is 0 Å². The van der Waals surface area contributed by atoms with Crippen LogP contribution in [0.15, 0.2) is 29.3 Å². The Balaban J connectivity index is 0.00000261. The number of nitrogens with zero attached hydrogens (tertiary/aromatic N) is 1. The Bertz CT molecular complexity index is 651. The molecule has 1 aromatic carbocycles. The first-order chi connectivity index (χ1) is 12.3. The third-order valence-electron chi connectivity index (χ3n) is 5.64. The summed E-state index contributed by atoms with van der Waals surface area (Å²) in [5, 5.41) is 6.51. The molecule has 0 radical (unpaired) electrons. The Labute approximate surface area is 174 Å². The van der Waals surface area contributed by atoms with Crippen LogP contribution in [0.2, 0.25) is 0 Å². The Morgan fingerprint density at radius 3 is 2.37 bits per heavy atom. The molecule has 2 saturated carbocycles. The number of benzene rings is 1. The molecule has 2 aliphatic rings. The molecule has 1 aromatic rings. The van der Waals surface area contributed by atoms with Gasteiger partial charge in [0.15, 0.2) is 5.96 Å². The van der Waals surface area contributed by atoms with Gasteiger partial charge >= 0.3 is 6.18 Å². The van der Waals surface area contributed by atoms with E-state index < -0.39 is 12.1 Å². The largest absolute Gasteiger partial charge is 0.391 e. The van der Waals surface area contributed by atoms with Crippen LogP contribution >= 0.6 is 24.0 Å². The average Bonchev–Trinajstić information content (AvgIpc) is 3.39. The Hall–Kier alpha value is -1.06. The SMILES string of the molecule is CN=C(NCC1(c2cccc(F)c2)CC1)NC1CCC(C(F)(F)F)CC1.I. The second kappa shape index (κ2) is 8.96. The molecule has 3 nitrogen and oxygen atoms in total. The van der Waals surface area contributed by atoms with E-state index >= 15 is 0 Å². The molecule has 2 N–H and O–H groups in total. The topological polar surface area (TPSA) is 36.4 Å². The van der Waals surface area contributed by atoms with Crippen molar-refractivity contribution in [2.45, 2.75) is 56.2 Å². The third-order valence-corrected chi connectivity index (χ3v) is 5.64. The lowest BCUT2D eigenvalue weighted by atomic mass is 9.85. The number of aliphatic imine (C=N–C) groups is 1. The van der Waals surface area contributed by atoms with Crippen LogP contribution in [0.5, 0.6) is 0 Å². The minimum Gasteiger partial charge on any atom is -0.356 e. The van der Waals surface area contributed by atoms with Crippen LogP contribution in [0.4, 0.5) is 17.6 Å². The van der Waals surface area contributed by atoms with Gasteiger partial charge in [-0.05, 0) is 56.2 Å². The predicted octanol–water partition coefficient (Wildman–Crippen LogP) is 4.76. The summed E-state index contributed by atoms with van der Waals surface area (Å²) in [5.74, 6) is -0.820. The van der Waals surface area contributed by atoms with Gasteiger partial charge in [-0.1, -0.05) is 12.1 Å². The zero-order valence-corrected chi connectivity index (χ0v) is 17.6. The van der Waals surface area contributed by atoms with E-state index in [1.165, 1.54) is 6.07 Å². The van der Waals surface area contributed by atoms with Crippen LogP contribution < -0.4 is 10.6 Å². The smallest absolute Gasteiger partial charge is 0.356 e. The van der Waals surface area contributed by atoms with Gasteiger partial charge in [-0.3, -0.25) is 4.99 Å². The maximum absolute atomic E-state index is 13.5. The first kappa shape index (κ1) is 22.2. The van der Waals surface area contributed by atoms with Gasteiger partial charge in [0.1, 0.15) is 5.82 Å². The highest BCUT2D eigenvalue weighted by molar-refractivity contribution is 14.0. The summed E-state index contributed by atoms with van der Waals surface area (Å²) in [5.41, 5.74) is 0.902. The summed E-state index contributed by atoms with van der Waals surface area (Å²) in [6.07, 6.45) is -0.834. The molecular weight excluding hydrogens is 473 g/mol. The molecule has 0 spiro atoms. The quantitative estimate of drug-likeness (QED) is 0.271. The summed E-state index contributed by atoms with van der Waals surface area (Å²) >= 11 is 0. The van der Waals surface area contributed by atoms with E-state index in [4.69, 9.17) is 0 Å². The number of hydrogen-bond acceptors (Lipinski definition) is 1. The molecular formula is C19H26F4IN3. The number of alkyl halides is 3. The third kappa shape index (κ3) is 5.71. The molecule has 0 aliphatic heterocycles. The van der Waals surface area contributed by atoms with E-state index in [9.17, 15) is 17.6 Å². The monoisotopic (exact) mass is 499 g/mol. The van der Waals surface area contributed by atoms with Crippen molar-refractivity contribution < 1.29 is 17.6 Å².